The van der Waals surface area contributed by atoms with E-state index in [2.05, 4.69) is 10.3 Å². The number of nitrogen functional groups attached to an aromatic ring is 1. The van der Waals surface area contributed by atoms with Crippen LogP contribution in [0.5, 0.6) is 11.5 Å². The van der Waals surface area contributed by atoms with Crippen molar-refractivity contribution in [2.24, 2.45) is 0 Å². The van der Waals surface area contributed by atoms with Crippen molar-refractivity contribution in [3.63, 3.8) is 0 Å². The number of aromatic nitrogens is 1. The number of nitrogens with two attached hydrogens (primary N) is 1. The van der Waals surface area contributed by atoms with Gasteiger partial charge in [-0.25, -0.2) is 28.3 Å². The first-order valence-electron chi connectivity index (χ1n) is 10.4. The number of rotatable bonds is 3. The minimum absolute atomic E-state index is 0.130. The van der Waals surface area contributed by atoms with Gasteiger partial charge in [0.05, 0.1) is 6.54 Å². The molecule has 0 aliphatic carbocycles. The highest BCUT2D eigenvalue weighted by Crippen LogP contribution is 2.33. The standard InChI is InChI=1S/C13H12FN3O.C10H9FN2O3/c14-10-7-8(15)1-2-12(10)18-11-4-6-17-13-9(11)3-5-16-13;11-7-1-3-8(4-2-7)12-5-6-13(9(12)14)10(15)16/h1-2,4,6-7H,3,5,15H2,(H,16,17);1-4H,5-6H2,(H,15,16). The van der Waals surface area contributed by atoms with E-state index in [4.69, 9.17) is 15.6 Å². The molecule has 0 unspecified atom stereocenters. The number of hydrogen-bond acceptors (Lipinski definition) is 6. The smallest absolute Gasteiger partial charge is 0.415 e. The largest absolute Gasteiger partial charge is 0.465 e. The van der Waals surface area contributed by atoms with E-state index in [1.54, 1.807) is 18.3 Å². The quantitative estimate of drug-likeness (QED) is 0.489. The minimum Gasteiger partial charge on any atom is -0.465 e. The summed E-state index contributed by atoms with van der Waals surface area (Å²) in [4.78, 5) is 28.5. The molecule has 1 aromatic heterocycles. The molecule has 0 spiro atoms. The number of carbonyl (C=O) groups excluding carboxylic acids is 1. The maximum absolute atomic E-state index is 13.7. The van der Waals surface area contributed by atoms with Crippen molar-refractivity contribution in [1.82, 2.24) is 9.88 Å². The first kappa shape index (κ1) is 22.8. The fraction of sp³-hybridized carbons (Fsp3) is 0.174. The van der Waals surface area contributed by atoms with Gasteiger partial charge in [-0.2, -0.15) is 0 Å². The SMILES string of the molecule is Nc1ccc(Oc2ccnc3c2CCN3)c(F)c1.O=C(O)N1CCN(c2ccc(F)cc2)C1=O. The monoisotopic (exact) mass is 469 g/mol. The van der Waals surface area contributed by atoms with Gasteiger partial charge in [-0.3, -0.25) is 4.90 Å². The molecule has 0 atom stereocenters. The average molecular weight is 469 g/mol. The van der Waals surface area contributed by atoms with Crippen molar-refractivity contribution in [1.29, 1.82) is 0 Å². The summed E-state index contributed by atoms with van der Waals surface area (Å²) in [5, 5.41) is 11.9. The van der Waals surface area contributed by atoms with E-state index in [1.165, 1.54) is 41.3 Å². The summed E-state index contributed by atoms with van der Waals surface area (Å²) in [7, 11) is 0. The first-order valence-corrected chi connectivity index (χ1v) is 10.4. The molecule has 34 heavy (non-hydrogen) atoms. The van der Waals surface area contributed by atoms with Gasteiger partial charge in [0.25, 0.3) is 0 Å². The lowest BCUT2D eigenvalue weighted by Crippen LogP contribution is -2.35. The van der Waals surface area contributed by atoms with E-state index in [1.807, 2.05) is 0 Å². The molecule has 3 amide bonds. The lowest BCUT2D eigenvalue weighted by atomic mass is 10.2. The summed E-state index contributed by atoms with van der Waals surface area (Å²) in [6.45, 7) is 1.25. The number of hydrogen-bond donors (Lipinski definition) is 3. The molecule has 4 N–H and O–H groups in total. The number of fused-ring (bicyclic) bond motifs is 1. The molecule has 176 valence electrons. The van der Waals surface area contributed by atoms with E-state index in [0.717, 1.165) is 29.2 Å². The lowest BCUT2D eigenvalue weighted by Gasteiger charge is -2.15. The molecule has 2 aliphatic heterocycles. The van der Waals surface area contributed by atoms with Crippen LogP contribution in [0.2, 0.25) is 0 Å². The van der Waals surface area contributed by atoms with Gasteiger partial charge in [-0.15, -0.1) is 0 Å². The zero-order chi connectivity index (χ0) is 24.2. The van der Waals surface area contributed by atoms with Crippen LogP contribution >= 0.6 is 0 Å². The highest BCUT2D eigenvalue weighted by atomic mass is 19.1. The van der Waals surface area contributed by atoms with Crippen LogP contribution in [0.1, 0.15) is 5.56 Å². The predicted molar refractivity (Wildman–Crippen MR) is 121 cm³/mol. The lowest BCUT2D eigenvalue weighted by molar-refractivity contribution is 0.158. The number of nitrogens with one attached hydrogen (secondary N) is 1. The molecule has 5 rings (SSSR count). The number of urea groups is 1. The Bertz CT molecular complexity index is 1220. The van der Waals surface area contributed by atoms with Gasteiger partial charge in [0.2, 0.25) is 0 Å². The van der Waals surface area contributed by atoms with Gasteiger partial charge < -0.3 is 20.9 Å². The number of carboxylic acid groups (broad SMARTS) is 1. The molecule has 2 aliphatic rings. The number of benzene rings is 2. The maximum atomic E-state index is 13.7. The summed E-state index contributed by atoms with van der Waals surface area (Å²) in [6.07, 6.45) is 1.20. The summed E-state index contributed by atoms with van der Waals surface area (Å²) in [6, 6.07) is 10.9. The molecule has 0 radical (unpaired) electrons. The van der Waals surface area contributed by atoms with Gasteiger partial charge in [-0.05, 0) is 48.9 Å². The molecule has 0 saturated carbocycles. The number of halogens is 2. The maximum Gasteiger partial charge on any atom is 0.415 e. The van der Waals surface area contributed by atoms with Crippen molar-refractivity contribution in [3.05, 3.63) is 71.9 Å². The third-order valence-corrected chi connectivity index (χ3v) is 5.23. The van der Waals surface area contributed by atoms with Crippen molar-refractivity contribution in [2.75, 3.05) is 35.6 Å². The van der Waals surface area contributed by atoms with Crippen LogP contribution in [0.4, 0.5) is 35.6 Å². The molecule has 1 saturated heterocycles. The Morgan fingerprint density at radius 2 is 1.85 bits per heavy atom. The van der Waals surface area contributed by atoms with Crippen molar-refractivity contribution >= 4 is 29.3 Å². The van der Waals surface area contributed by atoms with Crippen LogP contribution in [0.25, 0.3) is 0 Å². The van der Waals surface area contributed by atoms with Crippen LogP contribution in [0.15, 0.2) is 54.7 Å². The van der Waals surface area contributed by atoms with E-state index >= 15 is 0 Å². The summed E-state index contributed by atoms with van der Waals surface area (Å²) < 4.78 is 31.9. The summed E-state index contributed by atoms with van der Waals surface area (Å²) in [5.41, 5.74) is 7.35. The number of ether oxygens (including phenoxy) is 1. The second kappa shape index (κ2) is 9.61. The van der Waals surface area contributed by atoms with Crippen LogP contribution < -0.4 is 20.7 Å². The Labute approximate surface area is 193 Å². The van der Waals surface area contributed by atoms with Gasteiger partial charge in [0, 0.05) is 42.3 Å². The van der Waals surface area contributed by atoms with E-state index < -0.39 is 23.8 Å². The number of carbonyl (C=O) groups is 2. The zero-order valence-corrected chi connectivity index (χ0v) is 17.9. The Kier molecular flexibility index (Phi) is 6.44. The zero-order valence-electron chi connectivity index (χ0n) is 17.9. The topological polar surface area (TPSA) is 121 Å². The molecule has 9 nitrogen and oxygen atoms in total. The fourth-order valence-corrected chi connectivity index (χ4v) is 3.56. The summed E-state index contributed by atoms with van der Waals surface area (Å²) in [5.74, 6) is 0.749. The highest BCUT2D eigenvalue weighted by Gasteiger charge is 2.33. The molecular weight excluding hydrogens is 448 g/mol. The molecule has 2 aromatic carbocycles. The molecule has 0 bridgehead atoms. The number of amides is 3. The van der Waals surface area contributed by atoms with Gasteiger partial charge >= 0.3 is 12.1 Å². The van der Waals surface area contributed by atoms with Crippen LogP contribution in [-0.2, 0) is 6.42 Å². The van der Waals surface area contributed by atoms with Crippen molar-refractivity contribution in [3.8, 4) is 11.5 Å². The van der Waals surface area contributed by atoms with Crippen LogP contribution in [-0.4, -0.2) is 46.7 Å². The first-order chi connectivity index (χ1) is 16.3. The molecule has 3 aromatic rings. The number of anilines is 3. The third kappa shape index (κ3) is 4.82. The second-order valence-electron chi connectivity index (χ2n) is 7.45. The van der Waals surface area contributed by atoms with E-state index in [9.17, 15) is 18.4 Å². The predicted octanol–water partition coefficient (Wildman–Crippen LogP) is 4.31. The van der Waals surface area contributed by atoms with Crippen LogP contribution in [0.3, 0.4) is 0 Å². The van der Waals surface area contributed by atoms with E-state index in [-0.39, 0.29) is 18.8 Å². The highest BCUT2D eigenvalue weighted by molar-refractivity contribution is 6.02. The van der Waals surface area contributed by atoms with Gasteiger partial charge in [0.1, 0.15) is 17.4 Å². The fourth-order valence-electron chi connectivity index (χ4n) is 3.56. The summed E-state index contributed by atoms with van der Waals surface area (Å²) >= 11 is 0. The Balaban J connectivity index is 0.000000162. The number of pyridine rings is 1. The number of imide groups is 1. The van der Waals surface area contributed by atoms with Crippen molar-refractivity contribution < 1.29 is 28.2 Å². The molecular formula is C23H21F2N5O4. The van der Waals surface area contributed by atoms with Crippen LogP contribution in [0, 0.1) is 11.6 Å². The normalized spacial score (nSPS) is 14.2. The van der Waals surface area contributed by atoms with Gasteiger partial charge in [-0.1, -0.05) is 0 Å². The Hall–Kier alpha value is -4.41. The Morgan fingerprint density at radius 1 is 1.09 bits per heavy atom. The Morgan fingerprint density at radius 3 is 2.53 bits per heavy atom. The molecule has 1 fully saturated rings. The molecule has 3 heterocycles. The van der Waals surface area contributed by atoms with Gasteiger partial charge in [0.15, 0.2) is 11.6 Å². The second-order valence-corrected chi connectivity index (χ2v) is 7.45. The molecule has 11 heteroatoms. The average Bonchev–Trinajstić information content (AvgIpc) is 3.44. The number of nitrogens with zero attached hydrogens (tertiary/aromatic N) is 3. The van der Waals surface area contributed by atoms with E-state index in [0.29, 0.717) is 17.1 Å². The van der Waals surface area contributed by atoms with Crippen molar-refractivity contribution in [2.45, 2.75) is 6.42 Å². The minimum atomic E-state index is -1.27. The third-order valence-electron chi connectivity index (χ3n) is 5.23.